The van der Waals surface area contributed by atoms with Crippen molar-refractivity contribution in [3.8, 4) is 0 Å². The molecular formula is C17H27NS. The summed E-state index contributed by atoms with van der Waals surface area (Å²) < 4.78 is 0. The minimum Gasteiger partial charge on any atom is -0.327 e. The van der Waals surface area contributed by atoms with Crippen LogP contribution >= 0.6 is 11.8 Å². The van der Waals surface area contributed by atoms with Crippen LogP contribution in [0.3, 0.4) is 0 Å². The molecule has 1 aliphatic carbocycles. The summed E-state index contributed by atoms with van der Waals surface area (Å²) in [5.74, 6) is 3.50. The first kappa shape index (κ1) is 14.9. The lowest BCUT2D eigenvalue weighted by Gasteiger charge is -2.35. The molecule has 2 rings (SSSR count). The van der Waals surface area contributed by atoms with Gasteiger partial charge in [-0.1, -0.05) is 38.0 Å². The van der Waals surface area contributed by atoms with Crippen LogP contribution in [0.25, 0.3) is 0 Å². The van der Waals surface area contributed by atoms with Crippen LogP contribution in [0.1, 0.15) is 38.7 Å². The maximum atomic E-state index is 6.42. The normalized spacial score (nSPS) is 29.2. The predicted molar refractivity (Wildman–Crippen MR) is 85.5 cm³/mol. The van der Waals surface area contributed by atoms with Crippen molar-refractivity contribution in [2.75, 3.05) is 5.75 Å². The fraction of sp³-hybridized carbons (Fsp3) is 0.647. The number of thioether (sulfide) groups is 1. The van der Waals surface area contributed by atoms with Gasteiger partial charge in [-0.15, -0.1) is 11.8 Å². The molecule has 1 nitrogen and oxygen atoms in total. The van der Waals surface area contributed by atoms with Crippen LogP contribution < -0.4 is 5.73 Å². The van der Waals surface area contributed by atoms with Gasteiger partial charge in [0.2, 0.25) is 0 Å². The van der Waals surface area contributed by atoms with E-state index >= 15 is 0 Å². The van der Waals surface area contributed by atoms with Crippen LogP contribution in [-0.2, 0) is 0 Å². The Hall–Kier alpha value is -0.470. The van der Waals surface area contributed by atoms with Crippen molar-refractivity contribution in [1.82, 2.24) is 0 Å². The van der Waals surface area contributed by atoms with E-state index in [1.807, 2.05) is 11.8 Å². The van der Waals surface area contributed by atoms with Crippen molar-refractivity contribution in [3.63, 3.8) is 0 Å². The third-order valence-corrected chi connectivity index (χ3v) is 5.82. The highest BCUT2D eigenvalue weighted by molar-refractivity contribution is 7.99. The van der Waals surface area contributed by atoms with E-state index in [0.717, 1.165) is 23.5 Å². The lowest BCUT2D eigenvalue weighted by molar-refractivity contribution is 0.192. The average Bonchev–Trinajstić information content (AvgIpc) is 2.39. The molecule has 1 aromatic carbocycles. The minimum absolute atomic E-state index is 0.348. The maximum absolute atomic E-state index is 6.42. The zero-order valence-electron chi connectivity index (χ0n) is 12.4. The van der Waals surface area contributed by atoms with Gasteiger partial charge in [0.1, 0.15) is 0 Å². The fourth-order valence-electron chi connectivity index (χ4n) is 3.01. The van der Waals surface area contributed by atoms with Gasteiger partial charge in [0.05, 0.1) is 0 Å². The molecule has 0 heterocycles. The zero-order chi connectivity index (χ0) is 13.8. The molecule has 0 radical (unpaired) electrons. The lowest BCUT2D eigenvalue weighted by atomic mass is 9.74. The smallest absolute Gasteiger partial charge is 0.0162 e. The minimum atomic E-state index is 0.348. The summed E-state index contributed by atoms with van der Waals surface area (Å²) >= 11 is 1.91. The Morgan fingerprint density at radius 3 is 2.74 bits per heavy atom. The quantitative estimate of drug-likeness (QED) is 0.821. The molecule has 106 valence electrons. The first-order valence-corrected chi connectivity index (χ1v) is 8.50. The maximum Gasteiger partial charge on any atom is 0.0162 e. The van der Waals surface area contributed by atoms with Gasteiger partial charge in [-0.2, -0.15) is 0 Å². The number of aryl methyl sites for hydroxylation is 1. The molecule has 0 aromatic heterocycles. The van der Waals surface area contributed by atoms with Crippen LogP contribution in [0.5, 0.6) is 0 Å². The first-order valence-electron chi connectivity index (χ1n) is 7.51. The molecule has 4 unspecified atom stereocenters. The summed E-state index contributed by atoms with van der Waals surface area (Å²) in [5, 5.41) is 0. The van der Waals surface area contributed by atoms with E-state index in [-0.39, 0.29) is 0 Å². The Kier molecular flexibility index (Phi) is 5.35. The summed E-state index contributed by atoms with van der Waals surface area (Å²) in [6, 6.07) is 9.07. The average molecular weight is 277 g/mol. The zero-order valence-corrected chi connectivity index (χ0v) is 13.2. The van der Waals surface area contributed by atoms with Crippen LogP contribution in [0.15, 0.2) is 29.2 Å². The molecule has 1 saturated carbocycles. The van der Waals surface area contributed by atoms with Crippen LogP contribution in [0, 0.1) is 24.7 Å². The van der Waals surface area contributed by atoms with Crippen molar-refractivity contribution in [1.29, 1.82) is 0 Å². The molecule has 0 amide bonds. The van der Waals surface area contributed by atoms with Gasteiger partial charge in [-0.05, 0) is 49.7 Å². The molecule has 4 atom stereocenters. The Morgan fingerprint density at radius 2 is 2.05 bits per heavy atom. The van der Waals surface area contributed by atoms with Crippen LogP contribution in [0.4, 0.5) is 0 Å². The predicted octanol–water partition coefficient (Wildman–Crippen LogP) is 4.49. The highest BCUT2D eigenvalue weighted by atomic mass is 32.2. The molecule has 2 heteroatoms. The molecule has 0 spiro atoms. The van der Waals surface area contributed by atoms with Crippen molar-refractivity contribution >= 4 is 11.8 Å². The Labute approximate surface area is 122 Å². The largest absolute Gasteiger partial charge is 0.327 e. The summed E-state index contributed by atoms with van der Waals surface area (Å²) in [6.45, 7) is 6.92. The Bertz CT molecular complexity index is 404. The highest BCUT2D eigenvalue weighted by Gasteiger charge is 2.28. The second-order valence-electron chi connectivity index (χ2n) is 6.32. The summed E-state index contributed by atoms with van der Waals surface area (Å²) in [6.07, 6.45) is 3.99. The second kappa shape index (κ2) is 6.81. The Balaban J connectivity index is 1.83. The molecular weight excluding hydrogens is 250 g/mol. The van der Waals surface area contributed by atoms with Gasteiger partial charge in [0, 0.05) is 16.7 Å². The number of benzene rings is 1. The molecule has 19 heavy (non-hydrogen) atoms. The van der Waals surface area contributed by atoms with Gasteiger partial charge >= 0.3 is 0 Å². The van der Waals surface area contributed by atoms with Crippen LogP contribution in [0.2, 0.25) is 0 Å². The molecule has 1 aliphatic rings. The topological polar surface area (TPSA) is 26.0 Å². The van der Waals surface area contributed by atoms with E-state index in [1.54, 1.807) is 0 Å². The standard InChI is InChI=1S/C17H27NS/c1-12-5-4-6-16(9-12)19-11-17(18)15-8-7-13(2)14(3)10-15/h4-6,9,13-15,17H,7-8,10-11,18H2,1-3H3. The third kappa shape index (κ3) is 4.25. The number of nitrogens with two attached hydrogens (primary N) is 1. The summed E-state index contributed by atoms with van der Waals surface area (Å²) in [7, 11) is 0. The van der Waals surface area contributed by atoms with Crippen LogP contribution in [-0.4, -0.2) is 11.8 Å². The number of hydrogen-bond acceptors (Lipinski definition) is 2. The van der Waals surface area contributed by atoms with E-state index < -0.39 is 0 Å². The van der Waals surface area contributed by atoms with Gasteiger partial charge in [-0.25, -0.2) is 0 Å². The molecule has 1 fully saturated rings. The molecule has 1 aromatic rings. The van der Waals surface area contributed by atoms with Crippen molar-refractivity contribution in [3.05, 3.63) is 29.8 Å². The van der Waals surface area contributed by atoms with Gasteiger partial charge in [-0.3, -0.25) is 0 Å². The van der Waals surface area contributed by atoms with E-state index in [0.29, 0.717) is 6.04 Å². The summed E-state index contributed by atoms with van der Waals surface area (Å²) in [4.78, 5) is 1.35. The first-order chi connectivity index (χ1) is 9.06. The summed E-state index contributed by atoms with van der Waals surface area (Å²) in [5.41, 5.74) is 7.75. The van der Waals surface area contributed by atoms with Gasteiger partial charge in [0.15, 0.2) is 0 Å². The second-order valence-corrected chi connectivity index (χ2v) is 7.41. The van der Waals surface area contributed by atoms with Gasteiger partial charge in [0.25, 0.3) is 0 Å². The van der Waals surface area contributed by atoms with E-state index in [4.69, 9.17) is 5.73 Å². The van der Waals surface area contributed by atoms with E-state index in [1.165, 1.54) is 29.7 Å². The van der Waals surface area contributed by atoms with Gasteiger partial charge < -0.3 is 5.73 Å². The molecule has 2 N–H and O–H groups in total. The number of rotatable bonds is 4. The molecule has 0 saturated heterocycles. The van der Waals surface area contributed by atoms with E-state index in [2.05, 4.69) is 45.0 Å². The van der Waals surface area contributed by atoms with E-state index in [9.17, 15) is 0 Å². The Morgan fingerprint density at radius 1 is 1.26 bits per heavy atom. The SMILES string of the molecule is Cc1cccc(SCC(N)C2CCC(C)C(C)C2)c1. The lowest BCUT2D eigenvalue weighted by Crippen LogP contribution is -2.37. The van der Waals surface area contributed by atoms with Crippen molar-refractivity contribution in [2.24, 2.45) is 23.5 Å². The molecule has 0 aliphatic heterocycles. The number of hydrogen-bond donors (Lipinski definition) is 1. The molecule has 0 bridgehead atoms. The monoisotopic (exact) mass is 277 g/mol. The highest BCUT2D eigenvalue weighted by Crippen LogP contribution is 2.35. The fourth-order valence-corrected chi connectivity index (χ4v) is 4.11. The van der Waals surface area contributed by atoms with Crippen molar-refractivity contribution < 1.29 is 0 Å². The van der Waals surface area contributed by atoms with Crippen molar-refractivity contribution in [2.45, 2.75) is 51.0 Å². The third-order valence-electron chi connectivity index (χ3n) is 4.68.